The Bertz CT molecular complexity index is 545. The molecule has 108 valence electrons. The van der Waals surface area contributed by atoms with E-state index >= 15 is 0 Å². The van der Waals surface area contributed by atoms with Crippen molar-refractivity contribution in [1.29, 1.82) is 0 Å². The molecule has 1 aliphatic rings. The van der Waals surface area contributed by atoms with Crippen LogP contribution in [-0.4, -0.2) is 42.2 Å². The summed E-state index contributed by atoms with van der Waals surface area (Å²) >= 11 is 0. The minimum absolute atomic E-state index is 0.302. The molecule has 0 fully saturated rings. The Morgan fingerprint density at radius 2 is 1.75 bits per heavy atom. The quantitative estimate of drug-likeness (QED) is 0.413. The lowest BCUT2D eigenvalue weighted by Gasteiger charge is -2.35. The molecular formula is C10H10BF2NO6. The van der Waals surface area contributed by atoms with E-state index in [0.29, 0.717) is 0 Å². The lowest BCUT2D eigenvalue weighted by molar-refractivity contribution is -0.286. The molecule has 5 N–H and O–H groups in total. The summed E-state index contributed by atoms with van der Waals surface area (Å²) in [5, 5.41) is 28.9. The van der Waals surface area contributed by atoms with Gasteiger partial charge in [0, 0.05) is 6.07 Å². The first kappa shape index (κ1) is 14.8. The van der Waals surface area contributed by atoms with Crippen molar-refractivity contribution >= 4 is 7.85 Å². The molecule has 1 heterocycles. The second-order valence-electron chi connectivity index (χ2n) is 4.16. The summed E-state index contributed by atoms with van der Waals surface area (Å²) in [6, 6.07) is 1.68. The molecule has 20 heavy (non-hydrogen) atoms. The van der Waals surface area contributed by atoms with Crippen molar-refractivity contribution in [2.24, 2.45) is 5.73 Å². The minimum atomic E-state index is -3.90. The molecular weight excluding hydrogens is 279 g/mol. The zero-order chi connectivity index (χ0) is 15.3. The van der Waals surface area contributed by atoms with Crippen LogP contribution in [0, 0.1) is 0 Å². The molecule has 0 saturated heterocycles. The third-order valence-corrected chi connectivity index (χ3v) is 2.66. The van der Waals surface area contributed by atoms with E-state index in [9.17, 15) is 24.1 Å². The zero-order valence-electron chi connectivity index (χ0n) is 10.1. The molecule has 0 spiro atoms. The number of nitrogens with two attached hydrogens (primary N) is 1. The van der Waals surface area contributed by atoms with Crippen molar-refractivity contribution in [3.8, 4) is 17.2 Å². The summed E-state index contributed by atoms with van der Waals surface area (Å²) in [6.45, 7) is 0. The number of halogens is 2. The molecule has 1 aromatic rings. The smallest absolute Gasteiger partial charge is 0.496 e. The fourth-order valence-electron chi connectivity index (χ4n) is 1.63. The molecule has 0 bridgehead atoms. The number of benzene rings is 1. The van der Waals surface area contributed by atoms with E-state index in [2.05, 4.69) is 9.47 Å². The van der Waals surface area contributed by atoms with Crippen LogP contribution >= 0.6 is 0 Å². The summed E-state index contributed by atoms with van der Waals surface area (Å²) in [7, 11) is 6.15. The van der Waals surface area contributed by atoms with Gasteiger partial charge in [-0.3, -0.25) is 0 Å². The maximum atomic E-state index is 12.9. The summed E-state index contributed by atoms with van der Waals surface area (Å²) in [5.74, 6) is -4.37. The van der Waals surface area contributed by atoms with Crippen molar-refractivity contribution in [3.63, 3.8) is 0 Å². The predicted octanol–water partition coefficient (Wildman–Crippen LogP) is -1.07. The molecule has 0 aliphatic carbocycles. The summed E-state index contributed by atoms with van der Waals surface area (Å²) in [6.07, 6.45) is -3.90. The van der Waals surface area contributed by atoms with Gasteiger partial charge in [-0.25, -0.2) is 0 Å². The largest absolute Gasteiger partial charge is 0.586 e. The van der Waals surface area contributed by atoms with Crippen molar-refractivity contribution in [2.45, 2.75) is 17.7 Å². The standard InChI is InChI=1S/C10H10BF2NO6/c1-18-5-3-7-6(19-10(12,13)20-7)2-4(5)8(15,16)9(11,14)17/h2-3,15-17H,14H2,1H3. The molecule has 1 aliphatic heterocycles. The number of methoxy groups -OCH3 is 1. The van der Waals surface area contributed by atoms with E-state index in [1.165, 1.54) is 0 Å². The van der Waals surface area contributed by atoms with E-state index in [1.807, 2.05) is 0 Å². The molecule has 2 rings (SSSR count). The number of fused-ring (bicyclic) bond motifs is 1. The molecule has 1 atom stereocenters. The van der Waals surface area contributed by atoms with Crippen LogP contribution in [0.5, 0.6) is 17.2 Å². The highest BCUT2D eigenvalue weighted by Gasteiger charge is 2.48. The average molecular weight is 289 g/mol. The Hall–Kier alpha value is -1.62. The number of alkyl halides is 2. The Kier molecular flexibility index (Phi) is 3.10. The van der Waals surface area contributed by atoms with Gasteiger partial charge in [-0.15, -0.1) is 8.78 Å². The lowest BCUT2D eigenvalue weighted by atomic mass is 9.79. The van der Waals surface area contributed by atoms with Gasteiger partial charge in [0.15, 0.2) is 11.5 Å². The second kappa shape index (κ2) is 4.19. The van der Waals surface area contributed by atoms with Crippen LogP contribution in [-0.2, 0) is 5.79 Å². The van der Waals surface area contributed by atoms with Gasteiger partial charge in [-0.1, -0.05) is 0 Å². The van der Waals surface area contributed by atoms with Crippen LogP contribution < -0.4 is 19.9 Å². The van der Waals surface area contributed by atoms with Crippen LogP contribution in [0.1, 0.15) is 5.56 Å². The first-order valence-electron chi connectivity index (χ1n) is 5.21. The second-order valence-corrected chi connectivity index (χ2v) is 4.16. The summed E-state index contributed by atoms with van der Waals surface area (Å²) < 4.78 is 39.0. The van der Waals surface area contributed by atoms with E-state index in [4.69, 9.17) is 18.3 Å². The first-order valence-corrected chi connectivity index (χ1v) is 5.21. The van der Waals surface area contributed by atoms with Crippen LogP contribution in [0.2, 0.25) is 0 Å². The van der Waals surface area contributed by atoms with Gasteiger partial charge >= 0.3 is 6.29 Å². The highest BCUT2D eigenvalue weighted by molar-refractivity contribution is 6.14. The van der Waals surface area contributed by atoms with Crippen molar-refractivity contribution < 1.29 is 38.3 Å². The lowest BCUT2D eigenvalue weighted by Crippen LogP contribution is -2.59. The van der Waals surface area contributed by atoms with Gasteiger partial charge < -0.3 is 35.3 Å². The highest BCUT2D eigenvalue weighted by atomic mass is 19.3. The van der Waals surface area contributed by atoms with E-state index < -0.39 is 29.0 Å². The molecule has 7 nitrogen and oxygen atoms in total. The molecule has 2 radical (unpaired) electrons. The third kappa shape index (κ3) is 2.26. The first-order chi connectivity index (χ1) is 8.98. The number of rotatable bonds is 3. The maximum Gasteiger partial charge on any atom is 0.586 e. The maximum absolute atomic E-state index is 12.9. The molecule has 0 saturated carbocycles. The Morgan fingerprint density at radius 1 is 1.25 bits per heavy atom. The predicted molar refractivity (Wildman–Crippen MR) is 60.2 cm³/mol. The van der Waals surface area contributed by atoms with Gasteiger partial charge in [0.05, 0.1) is 12.7 Å². The number of aliphatic hydroxyl groups is 3. The monoisotopic (exact) mass is 289 g/mol. The van der Waals surface area contributed by atoms with Crippen LogP contribution in [0.3, 0.4) is 0 Å². The summed E-state index contributed by atoms with van der Waals surface area (Å²) in [4.78, 5) is 0. The third-order valence-electron chi connectivity index (χ3n) is 2.66. The fraction of sp³-hybridized carbons (Fsp3) is 0.400. The normalized spacial score (nSPS) is 19.6. The number of ether oxygens (including phenoxy) is 3. The Morgan fingerprint density at radius 3 is 2.20 bits per heavy atom. The van der Waals surface area contributed by atoms with Crippen LogP contribution in [0.15, 0.2) is 12.1 Å². The van der Waals surface area contributed by atoms with Gasteiger partial charge in [0.25, 0.3) is 0 Å². The Balaban J connectivity index is 2.57. The molecule has 0 aromatic heterocycles. The topological polar surface area (TPSA) is 114 Å². The highest BCUT2D eigenvalue weighted by Crippen LogP contribution is 2.47. The molecule has 0 amide bonds. The fourth-order valence-corrected chi connectivity index (χ4v) is 1.63. The zero-order valence-corrected chi connectivity index (χ0v) is 10.1. The van der Waals surface area contributed by atoms with Gasteiger partial charge in [0.2, 0.25) is 5.79 Å². The van der Waals surface area contributed by atoms with Gasteiger partial charge in [-0.2, -0.15) is 0 Å². The van der Waals surface area contributed by atoms with E-state index in [-0.39, 0.29) is 11.5 Å². The minimum Gasteiger partial charge on any atom is -0.496 e. The molecule has 10 heteroatoms. The van der Waals surface area contributed by atoms with Crippen LogP contribution in [0.25, 0.3) is 0 Å². The molecule has 1 aromatic carbocycles. The van der Waals surface area contributed by atoms with Crippen molar-refractivity contribution in [2.75, 3.05) is 7.11 Å². The Labute approximate surface area is 112 Å². The van der Waals surface area contributed by atoms with E-state index in [1.54, 1.807) is 0 Å². The number of hydrogen-bond acceptors (Lipinski definition) is 7. The summed E-state index contributed by atoms with van der Waals surface area (Å²) in [5.41, 5.74) is 1.47. The van der Waals surface area contributed by atoms with Gasteiger partial charge in [0.1, 0.15) is 19.2 Å². The van der Waals surface area contributed by atoms with Crippen LogP contribution in [0.4, 0.5) is 8.78 Å². The van der Waals surface area contributed by atoms with Gasteiger partial charge in [-0.05, 0) is 6.07 Å². The average Bonchev–Trinajstić information content (AvgIpc) is 2.58. The van der Waals surface area contributed by atoms with Crippen molar-refractivity contribution in [3.05, 3.63) is 17.7 Å². The molecule has 1 unspecified atom stereocenters. The number of hydrogen-bond donors (Lipinski definition) is 4. The SMILES string of the molecule is [B]C(N)(O)C(O)(O)c1cc2c(cc1OC)OC(F)(F)O2. The van der Waals surface area contributed by atoms with Crippen molar-refractivity contribution in [1.82, 2.24) is 0 Å². The van der Waals surface area contributed by atoms with E-state index in [0.717, 1.165) is 19.2 Å².